The molecule has 2 aliphatic heterocycles. The zero-order chi connectivity index (χ0) is 24.3. The highest BCUT2D eigenvalue weighted by Crippen LogP contribution is 2.30. The van der Waals surface area contributed by atoms with Gasteiger partial charge in [0.15, 0.2) is 0 Å². The number of aryl methyl sites for hydroxylation is 1. The van der Waals surface area contributed by atoms with Crippen LogP contribution in [0.25, 0.3) is 0 Å². The Morgan fingerprint density at radius 1 is 0.853 bits per heavy atom. The Morgan fingerprint density at radius 3 is 2.09 bits per heavy atom. The van der Waals surface area contributed by atoms with E-state index >= 15 is 0 Å². The summed E-state index contributed by atoms with van der Waals surface area (Å²) in [7, 11) is -3.64. The highest BCUT2D eigenvalue weighted by atomic mass is 32.2. The molecule has 2 fully saturated rings. The monoisotopic (exact) mass is 484 g/mol. The normalized spacial score (nSPS) is 17.0. The number of carbonyl (C=O) groups excluding carboxylic acids is 1. The lowest BCUT2D eigenvalue weighted by atomic mass is 10.1. The first-order chi connectivity index (χ1) is 16.4. The number of nitrogens with zero attached hydrogens (tertiary/aromatic N) is 4. The zero-order valence-electron chi connectivity index (χ0n) is 20.5. The quantitative estimate of drug-likeness (QED) is 0.601. The van der Waals surface area contributed by atoms with Gasteiger partial charge in [-0.3, -0.25) is 4.79 Å². The molecule has 7 nitrogen and oxygen atoms in total. The molecule has 0 atom stereocenters. The maximum atomic E-state index is 13.7. The lowest BCUT2D eigenvalue weighted by Crippen LogP contribution is -2.49. The van der Waals surface area contributed by atoms with Crippen molar-refractivity contribution < 1.29 is 13.2 Å². The fraction of sp³-hybridized carbons (Fsp3) is 0.500. The Kier molecular flexibility index (Phi) is 7.48. The summed E-state index contributed by atoms with van der Waals surface area (Å²) in [5, 5.41) is 0. The summed E-state index contributed by atoms with van der Waals surface area (Å²) in [5.41, 5.74) is 3.79. The number of rotatable bonds is 7. The van der Waals surface area contributed by atoms with E-state index in [1.807, 2.05) is 36.9 Å². The third kappa shape index (κ3) is 4.79. The van der Waals surface area contributed by atoms with Crippen molar-refractivity contribution in [1.29, 1.82) is 0 Å². The first-order valence-electron chi connectivity index (χ1n) is 12.4. The molecular formula is C26H36N4O3S. The molecule has 184 valence electrons. The fourth-order valence-corrected chi connectivity index (χ4v) is 6.52. The number of benzene rings is 2. The summed E-state index contributed by atoms with van der Waals surface area (Å²) in [6.07, 6.45) is 2.17. The molecule has 2 aromatic rings. The molecule has 0 aromatic heterocycles. The van der Waals surface area contributed by atoms with Crippen LogP contribution in [0.5, 0.6) is 0 Å². The Balaban J connectivity index is 1.61. The smallest absolute Gasteiger partial charge is 0.256 e. The van der Waals surface area contributed by atoms with Crippen molar-refractivity contribution in [2.24, 2.45) is 0 Å². The Morgan fingerprint density at radius 2 is 1.47 bits per heavy atom. The fourth-order valence-electron chi connectivity index (χ4n) is 5.03. The molecule has 2 aliphatic rings. The van der Waals surface area contributed by atoms with E-state index in [9.17, 15) is 13.2 Å². The van der Waals surface area contributed by atoms with Crippen molar-refractivity contribution in [3.05, 3.63) is 53.6 Å². The molecule has 2 aromatic carbocycles. The first kappa shape index (κ1) is 24.5. The molecule has 2 saturated heterocycles. The molecular weight excluding hydrogens is 448 g/mol. The van der Waals surface area contributed by atoms with Crippen molar-refractivity contribution in [3.8, 4) is 0 Å². The molecule has 0 N–H and O–H groups in total. The van der Waals surface area contributed by atoms with Gasteiger partial charge in [-0.2, -0.15) is 4.31 Å². The number of anilines is 2. The van der Waals surface area contributed by atoms with Crippen molar-refractivity contribution in [1.82, 2.24) is 9.21 Å². The summed E-state index contributed by atoms with van der Waals surface area (Å²) in [4.78, 5) is 20.3. The molecule has 0 spiro atoms. The van der Waals surface area contributed by atoms with Crippen LogP contribution in [-0.4, -0.2) is 75.9 Å². The van der Waals surface area contributed by atoms with Gasteiger partial charge < -0.3 is 14.7 Å². The van der Waals surface area contributed by atoms with Gasteiger partial charge in [0.2, 0.25) is 10.0 Å². The standard InChI is InChI=1S/C26H36N4O3S/c1-4-30(5-2)34(32,33)22-12-13-25(27-14-8-9-15-27)23(20-22)26(31)29-18-16-28(17-19-29)24-11-7-6-10-21(24)3/h6-7,10-13,20H,4-5,8-9,14-19H2,1-3H3. The molecule has 0 unspecified atom stereocenters. The van der Waals surface area contributed by atoms with Crippen LogP contribution in [0.2, 0.25) is 0 Å². The molecule has 4 rings (SSSR count). The molecule has 0 aliphatic carbocycles. The topological polar surface area (TPSA) is 64.2 Å². The number of carbonyl (C=O) groups is 1. The summed E-state index contributed by atoms with van der Waals surface area (Å²) in [6.45, 7) is 11.1. The maximum absolute atomic E-state index is 13.7. The lowest BCUT2D eigenvalue weighted by Gasteiger charge is -2.37. The van der Waals surface area contributed by atoms with Crippen LogP contribution in [0, 0.1) is 6.92 Å². The lowest BCUT2D eigenvalue weighted by molar-refractivity contribution is 0.0747. The highest BCUT2D eigenvalue weighted by Gasteiger charge is 2.30. The van der Waals surface area contributed by atoms with Gasteiger partial charge in [-0.05, 0) is 49.6 Å². The third-order valence-electron chi connectivity index (χ3n) is 7.01. The van der Waals surface area contributed by atoms with Crippen LogP contribution in [-0.2, 0) is 10.0 Å². The van der Waals surface area contributed by atoms with Crippen molar-refractivity contribution >= 4 is 27.3 Å². The maximum Gasteiger partial charge on any atom is 0.256 e. The van der Waals surface area contributed by atoms with Gasteiger partial charge in [-0.25, -0.2) is 8.42 Å². The van der Waals surface area contributed by atoms with E-state index in [-0.39, 0.29) is 10.8 Å². The van der Waals surface area contributed by atoms with E-state index < -0.39 is 10.0 Å². The minimum atomic E-state index is -3.64. The van der Waals surface area contributed by atoms with Gasteiger partial charge in [-0.1, -0.05) is 32.0 Å². The molecule has 0 radical (unpaired) electrons. The van der Waals surface area contributed by atoms with E-state index in [1.165, 1.54) is 15.6 Å². The van der Waals surface area contributed by atoms with E-state index in [4.69, 9.17) is 0 Å². The van der Waals surface area contributed by atoms with Gasteiger partial charge in [0, 0.05) is 63.7 Å². The summed E-state index contributed by atoms with van der Waals surface area (Å²) >= 11 is 0. The third-order valence-corrected chi connectivity index (χ3v) is 9.06. The summed E-state index contributed by atoms with van der Waals surface area (Å²) in [5.74, 6) is -0.0806. The van der Waals surface area contributed by atoms with Crippen LogP contribution in [0.1, 0.15) is 42.6 Å². The van der Waals surface area contributed by atoms with E-state index in [1.54, 1.807) is 12.1 Å². The molecule has 0 bridgehead atoms. The van der Waals surface area contributed by atoms with Crippen LogP contribution in [0.3, 0.4) is 0 Å². The van der Waals surface area contributed by atoms with Crippen LogP contribution in [0.15, 0.2) is 47.4 Å². The molecule has 34 heavy (non-hydrogen) atoms. The minimum absolute atomic E-state index is 0.0806. The molecule has 0 saturated carbocycles. The summed E-state index contributed by atoms with van der Waals surface area (Å²) < 4.78 is 27.8. The Hall–Kier alpha value is -2.58. The highest BCUT2D eigenvalue weighted by molar-refractivity contribution is 7.89. The largest absolute Gasteiger partial charge is 0.371 e. The van der Waals surface area contributed by atoms with Gasteiger partial charge >= 0.3 is 0 Å². The van der Waals surface area contributed by atoms with Gasteiger partial charge in [0.25, 0.3) is 5.91 Å². The molecule has 1 amide bonds. The zero-order valence-corrected chi connectivity index (χ0v) is 21.4. The van der Waals surface area contributed by atoms with E-state index in [0.29, 0.717) is 31.7 Å². The number of sulfonamides is 1. The van der Waals surface area contributed by atoms with Crippen molar-refractivity contribution in [3.63, 3.8) is 0 Å². The number of amides is 1. The van der Waals surface area contributed by atoms with E-state index in [0.717, 1.165) is 44.7 Å². The number of hydrogen-bond donors (Lipinski definition) is 0. The number of hydrogen-bond acceptors (Lipinski definition) is 5. The van der Waals surface area contributed by atoms with Crippen LogP contribution < -0.4 is 9.80 Å². The number of para-hydroxylation sites is 1. The van der Waals surface area contributed by atoms with Crippen LogP contribution in [0.4, 0.5) is 11.4 Å². The average Bonchev–Trinajstić information content (AvgIpc) is 3.39. The average molecular weight is 485 g/mol. The van der Waals surface area contributed by atoms with Crippen LogP contribution >= 0.6 is 0 Å². The number of piperazine rings is 1. The second-order valence-electron chi connectivity index (χ2n) is 9.03. The Bertz CT molecular complexity index is 1120. The Labute approximate surface area is 204 Å². The van der Waals surface area contributed by atoms with Crippen molar-refractivity contribution in [2.75, 3.05) is 62.2 Å². The molecule has 8 heteroatoms. The molecule has 2 heterocycles. The first-order valence-corrected chi connectivity index (χ1v) is 13.8. The summed E-state index contributed by atoms with van der Waals surface area (Å²) in [6, 6.07) is 13.4. The van der Waals surface area contributed by atoms with Crippen molar-refractivity contribution in [2.45, 2.75) is 38.5 Å². The SMILES string of the molecule is CCN(CC)S(=O)(=O)c1ccc(N2CCCC2)c(C(=O)N2CCN(c3ccccc3C)CC2)c1. The van der Waals surface area contributed by atoms with E-state index in [2.05, 4.69) is 28.9 Å². The predicted octanol–water partition coefficient (Wildman–Crippen LogP) is 3.59. The van der Waals surface area contributed by atoms with Gasteiger partial charge in [0.05, 0.1) is 10.5 Å². The second kappa shape index (κ2) is 10.4. The van der Waals surface area contributed by atoms with Gasteiger partial charge in [-0.15, -0.1) is 0 Å². The predicted molar refractivity (Wildman–Crippen MR) is 137 cm³/mol. The minimum Gasteiger partial charge on any atom is -0.371 e. The van der Waals surface area contributed by atoms with Gasteiger partial charge in [0.1, 0.15) is 0 Å². The second-order valence-corrected chi connectivity index (χ2v) is 11.0.